The van der Waals surface area contributed by atoms with Gasteiger partial charge < -0.3 is 20.1 Å². The molecule has 0 aliphatic carbocycles. The van der Waals surface area contributed by atoms with Gasteiger partial charge in [0.2, 0.25) is 5.91 Å². The summed E-state index contributed by atoms with van der Waals surface area (Å²) in [5.74, 6) is -0.364. The maximum absolute atomic E-state index is 12.9. The second-order valence-corrected chi connectivity index (χ2v) is 10.4. The average molecular weight is 450 g/mol. The van der Waals surface area contributed by atoms with Crippen LogP contribution >= 0.6 is 0 Å². The summed E-state index contributed by atoms with van der Waals surface area (Å²) in [5, 5.41) is 5.68. The van der Waals surface area contributed by atoms with Crippen LogP contribution in [0.5, 0.6) is 0 Å². The number of carbonyl (C=O) groups is 3. The van der Waals surface area contributed by atoms with Gasteiger partial charge in [-0.05, 0) is 45.6 Å². The molecule has 0 saturated carbocycles. The zero-order chi connectivity index (χ0) is 24.7. The number of ether oxygens (including phenoxy) is 2. The number of benzene rings is 1. The molecule has 1 aromatic rings. The van der Waals surface area contributed by atoms with E-state index in [9.17, 15) is 14.4 Å². The van der Waals surface area contributed by atoms with Gasteiger partial charge in [-0.2, -0.15) is 0 Å². The topological polar surface area (TPSA) is 97.0 Å². The van der Waals surface area contributed by atoms with E-state index in [1.807, 2.05) is 51.1 Å². The highest BCUT2D eigenvalue weighted by atomic mass is 16.6. The van der Waals surface area contributed by atoms with E-state index in [1.165, 1.54) is 11.9 Å². The monoisotopic (exact) mass is 449 g/mol. The summed E-state index contributed by atoms with van der Waals surface area (Å²) in [6, 6.07) is 8.94. The summed E-state index contributed by atoms with van der Waals surface area (Å²) < 4.78 is 10.7. The highest BCUT2D eigenvalue weighted by molar-refractivity contribution is 5.89. The van der Waals surface area contributed by atoms with E-state index in [0.29, 0.717) is 0 Å². The molecule has 0 spiro atoms. The zero-order valence-corrected chi connectivity index (χ0v) is 20.9. The van der Waals surface area contributed by atoms with Crippen molar-refractivity contribution >= 4 is 18.1 Å². The third kappa shape index (κ3) is 8.77. The van der Waals surface area contributed by atoms with E-state index in [-0.39, 0.29) is 30.5 Å². The van der Waals surface area contributed by atoms with E-state index in [2.05, 4.69) is 10.6 Å². The fraction of sp³-hybridized carbons (Fsp3) is 0.625. The Labute approximate surface area is 192 Å². The molecule has 0 fully saturated rings. The largest absolute Gasteiger partial charge is 0.445 e. The van der Waals surface area contributed by atoms with Crippen molar-refractivity contribution in [2.45, 2.75) is 79.2 Å². The van der Waals surface area contributed by atoms with Gasteiger partial charge in [0, 0.05) is 13.6 Å². The van der Waals surface area contributed by atoms with Crippen LogP contribution in [0.4, 0.5) is 9.59 Å². The lowest BCUT2D eigenvalue weighted by Gasteiger charge is -2.36. The van der Waals surface area contributed by atoms with Crippen LogP contribution in [0.2, 0.25) is 0 Å². The molecular weight excluding hydrogens is 410 g/mol. The molecule has 0 unspecified atom stereocenters. The quantitative estimate of drug-likeness (QED) is 0.653. The number of rotatable bonds is 7. The van der Waals surface area contributed by atoms with Crippen LogP contribution in [0.3, 0.4) is 0 Å². The Hall–Kier alpha value is -2.77. The van der Waals surface area contributed by atoms with E-state index in [0.717, 1.165) is 5.56 Å². The number of amides is 3. The van der Waals surface area contributed by atoms with Gasteiger partial charge in [0.15, 0.2) is 0 Å². The molecular formula is C24H39N3O5. The number of alkyl carbamates (subject to hydrolysis) is 1. The minimum absolute atomic E-state index is 0.119. The standard InChI is InChI=1S/C24H39N3O5/c1-22(2,3)18(26-20(29)32-23(4,5)6)15-25-19(28)24(7,8)27(9)21(30)31-16-17-13-11-10-12-14-17/h10-14,18H,15-16H2,1-9H3,(H,25,28)(H,26,29)/t18-/m1/s1. The molecule has 3 amide bonds. The van der Waals surface area contributed by atoms with E-state index in [1.54, 1.807) is 34.6 Å². The van der Waals surface area contributed by atoms with Crippen molar-refractivity contribution in [1.82, 2.24) is 15.5 Å². The molecule has 0 heterocycles. The van der Waals surface area contributed by atoms with Gasteiger partial charge in [-0.1, -0.05) is 51.1 Å². The summed E-state index contributed by atoms with van der Waals surface area (Å²) in [6.07, 6.45) is -1.15. The lowest BCUT2D eigenvalue weighted by atomic mass is 9.86. The first-order valence-corrected chi connectivity index (χ1v) is 10.8. The Kier molecular flexibility index (Phi) is 9.12. The zero-order valence-electron chi connectivity index (χ0n) is 20.9. The molecule has 1 atom stereocenters. The van der Waals surface area contributed by atoms with Gasteiger partial charge >= 0.3 is 12.2 Å². The molecule has 180 valence electrons. The maximum atomic E-state index is 12.9. The SMILES string of the molecule is CN(C(=O)OCc1ccccc1)C(C)(C)C(=O)NC[C@@H](NC(=O)OC(C)(C)C)C(C)(C)C. The van der Waals surface area contributed by atoms with Crippen LogP contribution in [0.1, 0.15) is 61.0 Å². The fourth-order valence-corrected chi connectivity index (χ4v) is 2.63. The number of hydrogen-bond acceptors (Lipinski definition) is 5. The molecule has 8 heteroatoms. The van der Waals surface area contributed by atoms with Crippen molar-refractivity contribution < 1.29 is 23.9 Å². The minimum Gasteiger partial charge on any atom is -0.445 e. The normalized spacial score (nSPS) is 13.0. The van der Waals surface area contributed by atoms with Crippen LogP contribution in [-0.2, 0) is 20.9 Å². The predicted octanol–water partition coefficient (Wildman–Crippen LogP) is 4.09. The predicted molar refractivity (Wildman–Crippen MR) is 124 cm³/mol. The van der Waals surface area contributed by atoms with E-state index in [4.69, 9.17) is 9.47 Å². The van der Waals surface area contributed by atoms with Crippen LogP contribution in [0.25, 0.3) is 0 Å². The highest BCUT2D eigenvalue weighted by Gasteiger charge is 2.37. The van der Waals surface area contributed by atoms with Crippen molar-refractivity contribution in [3.63, 3.8) is 0 Å². The molecule has 0 aliphatic rings. The maximum Gasteiger partial charge on any atom is 0.410 e. The lowest BCUT2D eigenvalue weighted by molar-refractivity contribution is -0.130. The van der Waals surface area contributed by atoms with Gasteiger partial charge in [0.25, 0.3) is 0 Å². The Morgan fingerprint density at radius 3 is 2.03 bits per heavy atom. The molecule has 2 N–H and O–H groups in total. The Morgan fingerprint density at radius 2 is 1.53 bits per heavy atom. The lowest BCUT2D eigenvalue weighted by Crippen LogP contribution is -2.58. The number of likely N-dealkylation sites (N-methyl/N-ethyl adjacent to an activating group) is 1. The molecule has 0 aliphatic heterocycles. The molecule has 0 aromatic heterocycles. The number of carbonyl (C=O) groups excluding carboxylic acids is 3. The number of nitrogens with one attached hydrogen (secondary N) is 2. The van der Waals surface area contributed by atoms with E-state index < -0.39 is 23.3 Å². The Morgan fingerprint density at radius 1 is 0.969 bits per heavy atom. The summed E-state index contributed by atoms with van der Waals surface area (Å²) in [4.78, 5) is 38.9. The number of hydrogen-bond donors (Lipinski definition) is 2. The van der Waals surface area contributed by atoms with Gasteiger partial charge in [0.1, 0.15) is 17.7 Å². The number of nitrogens with zero attached hydrogens (tertiary/aromatic N) is 1. The summed E-state index contributed by atoms with van der Waals surface area (Å²) in [7, 11) is 1.52. The average Bonchev–Trinajstić information content (AvgIpc) is 2.66. The van der Waals surface area contributed by atoms with Crippen molar-refractivity contribution in [2.75, 3.05) is 13.6 Å². The van der Waals surface area contributed by atoms with Gasteiger partial charge in [-0.3, -0.25) is 9.69 Å². The van der Waals surface area contributed by atoms with Crippen molar-refractivity contribution in [3.05, 3.63) is 35.9 Å². The smallest absolute Gasteiger partial charge is 0.410 e. The van der Waals surface area contributed by atoms with Crippen molar-refractivity contribution in [3.8, 4) is 0 Å². The second kappa shape index (κ2) is 10.7. The Balaban J connectivity index is 2.72. The van der Waals surface area contributed by atoms with Crippen molar-refractivity contribution in [1.29, 1.82) is 0 Å². The first-order valence-electron chi connectivity index (χ1n) is 10.8. The van der Waals surface area contributed by atoms with Crippen LogP contribution in [-0.4, -0.2) is 53.8 Å². The highest BCUT2D eigenvalue weighted by Crippen LogP contribution is 2.21. The van der Waals surface area contributed by atoms with Gasteiger partial charge in [0.05, 0.1) is 6.04 Å². The molecule has 0 bridgehead atoms. The van der Waals surface area contributed by atoms with Crippen LogP contribution < -0.4 is 10.6 Å². The summed E-state index contributed by atoms with van der Waals surface area (Å²) in [5.41, 5.74) is -1.27. The Bertz CT molecular complexity index is 779. The van der Waals surface area contributed by atoms with Crippen molar-refractivity contribution in [2.24, 2.45) is 5.41 Å². The van der Waals surface area contributed by atoms with E-state index >= 15 is 0 Å². The molecule has 1 aromatic carbocycles. The third-order valence-electron chi connectivity index (χ3n) is 5.08. The second-order valence-electron chi connectivity index (χ2n) is 10.4. The molecule has 0 saturated heterocycles. The third-order valence-corrected chi connectivity index (χ3v) is 5.08. The molecule has 0 radical (unpaired) electrons. The first-order chi connectivity index (χ1) is 14.5. The fourth-order valence-electron chi connectivity index (χ4n) is 2.63. The molecule has 1 rings (SSSR count). The minimum atomic E-state index is -1.16. The van der Waals surface area contributed by atoms with Gasteiger partial charge in [-0.25, -0.2) is 9.59 Å². The summed E-state index contributed by atoms with van der Waals surface area (Å²) in [6.45, 7) is 14.8. The molecule has 8 nitrogen and oxygen atoms in total. The molecule has 32 heavy (non-hydrogen) atoms. The van der Waals surface area contributed by atoms with Crippen LogP contribution in [0.15, 0.2) is 30.3 Å². The summed E-state index contributed by atoms with van der Waals surface area (Å²) >= 11 is 0. The van der Waals surface area contributed by atoms with Crippen LogP contribution in [0, 0.1) is 5.41 Å². The van der Waals surface area contributed by atoms with Gasteiger partial charge in [-0.15, -0.1) is 0 Å². The first kappa shape index (κ1) is 27.3.